The van der Waals surface area contributed by atoms with Crippen molar-refractivity contribution in [1.29, 1.82) is 0 Å². The fraction of sp³-hybridized carbons (Fsp3) is 0.100. The summed E-state index contributed by atoms with van der Waals surface area (Å²) in [5.41, 5.74) is 9.03. The lowest BCUT2D eigenvalue weighted by molar-refractivity contribution is 1.25. The highest BCUT2D eigenvalue weighted by molar-refractivity contribution is 6.30. The van der Waals surface area contributed by atoms with Gasteiger partial charge in [0, 0.05) is 16.4 Å². The zero-order chi connectivity index (χ0) is 15.1. The zero-order valence-corrected chi connectivity index (χ0v) is 13.1. The number of hydrogen-bond acceptors (Lipinski definition) is 1. The monoisotopic (exact) mass is 305 g/mol. The van der Waals surface area contributed by atoms with Gasteiger partial charge in [0.25, 0.3) is 0 Å². The van der Waals surface area contributed by atoms with Gasteiger partial charge in [-0.3, -0.25) is 0 Å². The van der Waals surface area contributed by atoms with Crippen LogP contribution in [0.5, 0.6) is 0 Å². The van der Waals surface area contributed by atoms with Crippen molar-refractivity contribution < 1.29 is 0 Å². The van der Waals surface area contributed by atoms with Gasteiger partial charge >= 0.3 is 0 Å². The van der Waals surface area contributed by atoms with Gasteiger partial charge in [-0.05, 0) is 77.6 Å². The second-order valence-electron chi connectivity index (χ2n) is 5.79. The third kappa shape index (κ3) is 2.28. The van der Waals surface area contributed by atoms with Crippen LogP contribution in [-0.4, -0.2) is 0 Å². The molecule has 1 aliphatic carbocycles. The molecular weight excluding hydrogens is 290 g/mol. The minimum absolute atomic E-state index is 0.756. The maximum atomic E-state index is 5.95. The molecule has 0 saturated carbocycles. The number of benzene rings is 3. The smallest absolute Gasteiger partial charge is 0.0417 e. The molecule has 0 spiro atoms. The summed E-state index contributed by atoms with van der Waals surface area (Å²) in [5.74, 6) is 0. The van der Waals surface area contributed by atoms with Gasteiger partial charge in [-0.25, -0.2) is 0 Å². The average molecular weight is 306 g/mol. The largest absolute Gasteiger partial charge is 0.355 e. The number of aryl methyl sites for hydroxylation is 1. The topological polar surface area (TPSA) is 12.0 Å². The van der Waals surface area contributed by atoms with Crippen molar-refractivity contribution >= 4 is 23.0 Å². The van der Waals surface area contributed by atoms with Crippen molar-refractivity contribution in [3.63, 3.8) is 0 Å². The van der Waals surface area contributed by atoms with E-state index in [4.69, 9.17) is 11.6 Å². The molecule has 0 bridgehead atoms. The third-order valence-electron chi connectivity index (χ3n) is 4.26. The molecule has 108 valence electrons. The Hall–Kier alpha value is -2.25. The number of halogens is 1. The fourth-order valence-corrected chi connectivity index (χ4v) is 3.24. The molecule has 0 fully saturated rings. The van der Waals surface area contributed by atoms with Gasteiger partial charge in [-0.1, -0.05) is 35.9 Å². The molecule has 0 amide bonds. The molecule has 0 atom stereocenters. The SMILES string of the molecule is Cc1cc2c(cc1Nc1ccc(Cl)cc1)Cc1ccccc1-2. The van der Waals surface area contributed by atoms with E-state index in [1.165, 1.54) is 27.8 Å². The standard InChI is InChI=1S/C20H16ClN/c1-13-10-19-15(11-14-4-2-3-5-18(14)19)12-20(13)22-17-8-6-16(21)7-9-17/h2-10,12,22H,11H2,1H3. The summed E-state index contributed by atoms with van der Waals surface area (Å²) in [4.78, 5) is 0. The summed E-state index contributed by atoms with van der Waals surface area (Å²) >= 11 is 5.95. The third-order valence-corrected chi connectivity index (χ3v) is 4.51. The van der Waals surface area contributed by atoms with E-state index in [0.29, 0.717) is 0 Å². The van der Waals surface area contributed by atoms with Gasteiger partial charge in [-0.15, -0.1) is 0 Å². The molecule has 0 saturated heterocycles. The van der Waals surface area contributed by atoms with Crippen molar-refractivity contribution in [2.24, 2.45) is 0 Å². The van der Waals surface area contributed by atoms with Crippen LogP contribution in [0.1, 0.15) is 16.7 Å². The first-order chi connectivity index (χ1) is 10.7. The van der Waals surface area contributed by atoms with Crippen molar-refractivity contribution in [2.45, 2.75) is 13.3 Å². The van der Waals surface area contributed by atoms with E-state index in [1.54, 1.807) is 0 Å². The second kappa shape index (κ2) is 5.19. The molecule has 1 aliphatic rings. The van der Waals surface area contributed by atoms with Crippen LogP contribution in [0, 0.1) is 6.92 Å². The van der Waals surface area contributed by atoms with Gasteiger partial charge in [0.15, 0.2) is 0 Å². The molecule has 0 heterocycles. The molecule has 2 heteroatoms. The highest BCUT2D eigenvalue weighted by Gasteiger charge is 2.19. The van der Waals surface area contributed by atoms with Crippen LogP contribution in [0.3, 0.4) is 0 Å². The lowest BCUT2D eigenvalue weighted by Gasteiger charge is -2.12. The normalized spacial score (nSPS) is 11.9. The van der Waals surface area contributed by atoms with Crippen LogP contribution in [0.25, 0.3) is 11.1 Å². The van der Waals surface area contributed by atoms with Crippen LogP contribution in [0.4, 0.5) is 11.4 Å². The number of fused-ring (bicyclic) bond motifs is 3. The summed E-state index contributed by atoms with van der Waals surface area (Å²) in [6.45, 7) is 2.15. The van der Waals surface area contributed by atoms with Crippen LogP contribution >= 0.6 is 11.6 Å². The lowest BCUT2D eigenvalue weighted by Crippen LogP contribution is -1.95. The Morgan fingerprint density at radius 2 is 1.64 bits per heavy atom. The molecule has 0 aromatic heterocycles. The summed E-state index contributed by atoms with van der Waals surface area (Å²) in [5, 5.41) is 4.25. The average Bonchev–Trinajstić information content (AvgIpc) is 2.87. The van der Waals surface area contributed by atoms with Crippen molar-refractivity contribution in [3.05, 3.63) is 82.4 Å². The first-order valence-corrected chi connectivity index (χ1v) is 7.83. The van der Waals surface area contributed by atoms with Gasteiger partial charge in [0.2, 0.25) is 0 Å². The summed E-state index contributed by atoms with van der Waals surface area (Å²) < 4.78 is 0. The summed E-state index contributed by atoms with van der Waals surface area (Å²) in [6.07, 6.45) is 1.01. The summed E-state index contributed by atoms with van der Waals surface area (Å²) in [7, 11) is 0. The predicted molar refractivity (Wildman–Crippen MR) is 94.2 cm³/mol. The molecule has 0 aliphatic heterocycles. The van der Waals surface area contributed by atoms with E-state index in [1.807, 2.05) is 24.3 Å². The fourth-order valence-electron chi connectivity index (χ4n) is 3.12. The highest BCUT2D eigenvalue weighted by atomic mass is 35.5. The van der Waals surface area contributed by atoms with E-state index in [-0.39, 0.29) is 0 Å². The molecule has 3 aromatic rings. The lowest BCUT2D eigenvalue weighted by atomic mass is 10.0. The van der Waals surface area contributed by atoms with Gasteiger partial charge in [-0.2, -0.15) is 0 Å². The number of anilines is 2. The number of rotatable bonds is 2. The van der Waals surface area contributed by atoms with Crippen molar-refractivity contribution in [2.75, 3.05) is 5.32 Å². The first kappa shape index (κ1) is 13.4. The predicted octanol–water partition coefficient (Wildman–Crippen LogP) is 5.96. The van der Waals surface area contributed by atoms with E-state index < -0.39 is 0 Å². The highest BCUT2D eigenvalue weighted by Crippen LogP contribution is 2.39. The Morgan fingerprint density at radius 3 is 2.45 bits per heavy atom. The van der Waals surface area contributed by atoms with Crippen molar-refractivity contribution in [3.8, 4) is 11.1 Å². The molecule has 1 N–H and O–H groups in total. The molecule has 22 heavy (non-hydrogen) atoms. The van der Waals surface area contributed by atoms with Gasteiger partial charge < -0.3 is 5.32 Å². The van der Waals surface area contributed by atoms with E-state index in [9.17, 15) is 0 Å². The second-order valence-corrected chi connectivity index (χ2v) is 6.23. The Balaban J connectivity index is 1.72. The first-order valence-electron chi connectivity index (χ1n) is 7.45. The van der Waals surface area contributed by atoms with Crippen LogP contribution in [0.2, 0.25) is 5.02 Å². The molecule has 0 unspecified atom stereocenters. The molecule has 1 nitrogen and oxygen atoms in total. The van der Waals surface area contributed by atoms with E-state index >= 15 is 0 Å². The maximum absolute atomic E-state index is 5.95. The Labute approximate surface area is 135 Å². The van der Waals surface area contributed by atoms with Gasteiger partial charge in [0.05, 0.1) is 0 Å². The van der Waals surface area contributed by atoms with Crippen LogP contribution in [-0.2, 0) is 6.42 Å². The number of hydrogen-bond donors (Lipinski definition) is 1. The van der Waals surface area contributed by atoms with Gasteiger partial charge in [0.1, 0.15) is 0 Å². The van der Waals surface area contributed by atoms with E-state index in [0.717, 1.165) is 22.8 Å². The minimum Gasteiger partial charge on any atom is -0.355 e. The van der Waals surface area contributed by atoms with Crippen LogP contribution in [0.15, 0.2) is 60.7 Å². The molecular formula is C20H16ClN. The quantitative estimate of drug-likeness (QED) is 0.481. The Kier molecular flexibility index (Phi) is 3.16. The molecule has 4 rings (SSSR count). The minimum atomic E-state index is 0.756. The van der Waals surface area contributed by atoms with E-state index in [2.05, 4.69) is 48.6 Å². The zero-order valence-electron chi connectivity index (χ0n) is 12.4. The Bertz CT molecular complexity index is 850. The molecule has 0 radical (unpaired) electrons. The van der Waals surface area contributed by atoms with Crippen LogP contribution < -0.4 is 5.32 Å². The molecule has 3 aromatic carbocycles. The number of nitrogens with one attached hydrogen (secondary N) is 1. The Morgan fingerprint density at radius 1 is 0.864 bits per heavy atom. The summed E-state index contributed by atoms with van der Waals surface area (Å²) in [6, 6.07) is 21.1. The van der Waals surface area contributed by atoms with Crippen molar-refractivity contribution in [1.82, 2.24) is 0 Å². The maximum Gasteiger partial charge on any atom is 0.0417 e.